The smallest absolute Gasteiger partial charge is 0.0316 e. The molecule has 0 aromatic heterocycles. The Morgan fingerprint density at radius 3 is 1.29 bits per heavy atom. The van der Waals surface area contributed by atoms with Crippen molar-refractivity contribution in [1.82, 2.24) is 0 Å². The number of hydrogen-bond donors (Lipinski definition) is 0. The summed E-state index contributed by atoms with van der Waals surface area (Å²) in [5, 5.41) is 0. The number of hydrogen-bond acceptors (Lipinski definition) is 0. The lowest BCUT2D eigenvalue weighted by molar-refractivity contribution is 1.44. The van der Waals surface area contributed by atoms with Gasteiger partial charge in [0.05, 0.1) is 0 Å². The molecule has 0 amide bonds. The molecule has 45 valence electrons. The van der Waals surface area contributed by atoms with Crippen molar-refractivity contribution in [3.05, 3.63) is 0 Å². The zero-order valence-corrected chi connectivity index (χ0v) is 6.76. The van der Waals surface area contributed by atoms with Gasteiger partial charge in [0.15, 0.2) is 0 Å². The Morgan fingerprint density at radius 2 is 1.29 bits per heavy atom. The van der Waals surface area contributed by atoms with Crippen LogP contribution < -0.4 is 0 Å². The first kappa shape index (κ1) is 10.4. The van der Waals surface area contributed by atoms with Gasteiger partial charge >= 0.3 is 0 Å². The summed E-state index contributed by atoms with van der Waals surface area (Å²) in [6.07, 6.45) is 2.63. The van der Waals surface area contributed by atoms with E-state index in [1.807, 2.05) is 13.8 Å². The van der Waals surface area contributed by atoms with E-state index in [9.17, 15) is 0 Å². The van der Waals surface area contributed by atoms with Crippen LogP contribution in [0.4, 0.5) is 0 Å². The molecule has 0 fully saturated rings. The van der Waals surface area contributed by atoms with Crippen LogP contribution in [0.15, 0.2) is 0 Å². The van der Waals surface area contributed by atoms with Crippen LogP contribution in [0.25, 0.3) is 0 Å². The second-order valence-corrected chi connectivity index (χ2v) is 2.57. The van der Waals surface area contributed by atoms with E-state index >= 15 is 0 Å². The third-order valence-corrected chi connectivity index (χ3v) is 1.34. The molecule has 7 heavy (non-hydrogen) atoms. The lowest BCUT2D eigenvalue weighted by atomic mass is 11.0. The maximum atomic E-state index is 2.20. The van der Waals surface area contributed by atoms with Crippen LogP contribution in [0.3, 0.4) is 0 Å². The maximum absolute atomic E-state index is 2.20. The summed E-state index contributed by atoms with van der Waals surface area (Å²) in [6.45, 7) is 8.40. The minimum Gasteiger partial charge on any atom is -0.0816 e. The standard InChI is InChI=1S/C4H10P.C2H6/c1-3-5-4-2;1-2/h3-4H2,1-2H3;1-2H3. The van der Waals surface area contributed by atoms with Crippen LogP contribution in [-0.4, -0.2) is 12.3 Å². The molecule has 0 aliphatic heterocycles. The molecule has 0 spiro atoms. The molecule has 0 aromatic carbocycles. The molecule has 0 N–H and O–H groups in total. The van der Waals surface area contributed by atoms with Gasteiger partial charge in [0.25, 0.3) is 0 Å². The Balaban J connectivity index is 0. The Morgan fingerprint density at radius 1 is 1.00 bits per heavy atom. The van der Waals surface area contributed by atoms with Crippen molar-refractivity contribution in [2.45, 2.75) is 27.7 Å². The van der Waals surface area contributed by atoms with E-state index in [0.29, 0.717) is 0 Å². The normalized spacial score (nSPS) is 6.86. The van der Waals surface area contributed by atoms with Gasteiger partial charge in [-0.2, -0.15) is 0 Å². The largest absolute Gasteiger partial charge is 0.0816 e. The van der Waals surface area contributed by atoms with Gasteiger partial charge < -0.3 is 0 Å². The summed E-state index contributed by atoms with van der Waals surface area (Å²) >= 11 is 0. The number of rotatable bonds is 2. The van der Waals surface area contributed by atoms with Gasteiger partial charge in [-0.05, 0) is 12.3 Å². The Hall–Kier alpha value is 0.430. The first-order valence-electron chi connectivity index (χ1n) is 3.05. The first-order valence-corrected chi connectivity index (χ1v) is 4.31. The molecule has 1 heteroatoms. The molecule has 0 atom stereocenters. The van der Waals surface area contributed by atoms with Crippen molar-refractivity contribution < 1.29 is 0 Å². The van der Waals surface area contributed by atoms with E-state index in [4.69, 9.17) is 0 Å². The molecule has 0 unspecified atom stereocenters. The van der Waals surface area contributed by atoms with Gasteiger partial charge in [-0.15, -0.1) is 0 Å². The molecule has 1 radical (unpaired) electrons. The lowest BCUT2D eigenvalue weighted by Gasteiger charge is -1.78. The predicted molar refractivity (Wildman–Crippen MR) is 39.4 cm³/mol. The van der Waals surface area contributed by atoms with Crippen molar-refractivity contribution in [3.8, 4) is 0 Å². The fourth-order valence-electron chi connectivity index (χ4n) is 0.224. The van der Waals surface area contributed by atoms with Crippen LogP contribution in [-0.2, 0) is 0 Å². The Kier molecular flexibility index (Phi) is 24.0. The third-order valence-electron chi connectivity index (χ3n) is 0.447. The van der Waals surface area contributed by atoms with Crippen molar-refractivity contribution >= 4 is 8.58 Å². The quantitative estimate of drug-likeness (QED) is 0.490. The Bertz CT molecular complexity index is 11.7. The molecule has 0 heterocycles. The molecule has 0 nitrogen and oxygen atoms in total. The van der Waals surface area contributed by atoms with Crippen LogP contribution in [0, 0.1) is 0 Å². The van der Waals surface area contributed by atoms with E-state index in [1.54, 1.807) is 8.58 Å². The highest BCUT2D eigenvalue weighted by Crippen LogP contribution is 2.03. The fourth-order valence-corrected chi connectivity index (χ4v) is 0.671. The predicted octanol–water partition coefficient (Wildman–Crippen LogP) is 3.00. The summed E-state index contributed by atoms with van der Waals surface area (Å²) in [7, 11) is 1.58. The highest BCUT2D eigenvalue weighted by atomic mass is 31.1. The summed E-state index contributed by atoms with van der Waals surface area (Å²) in [4.78, 5) is 0. The van der Waals surface area contributed by atoms with Gasteiger partial charge in [-0.1, -0.05) is 36.3 Å². The van der Waals surface area contributed by atoms with Crippen molar-refractivity contribution in [3.63, 3.8) is 0 Å². The molecular formula is C6H16P. The zero-order chi connectivity index (χ0) is 6.12. The topological polar surface area (TPSA) is 0 Å². The second kappa shape index (κ2) is 16.1. The molecule has 0 aliphatic carbocycles. The first-order chi connectivity index (χ1) is 3.41. The van der Waals surface area contributed by atoms with Gasteiger partial charge in [-0.25, -0.2) is 0 Å². The minimum atomic E-state index is 1.32. The summed E-state index contributed by atoms with van der Waals surface area (Å²) in [6, 6.07) is 0. The van der Waals surface area contributed by atoms with Crippen molar-refractivity contribution in [2.75, 3.05) is 12.3 Å². The minimum absolute atomic E-state index is 1.32. The van der Waals surface area contributed by atoms with Gasteiger partial charge in [0.1, 0.15) is 0 Å². The average molecular weight is 119 g/mol. The van der Waals surface area contributed by atoms with E-state index in [-0.39, 0.29) is 0 Å². The van der Waals surface area contributed by atoms with E-state index in [2.05, 4.69) is 13.8 Å². The summed E-state index contributed by atoms with van der Waals surface area (Å²) in [5.74, 6) is 0. The fraction of sp³-hybridized carbons (Fsp3) is 1.00. The molecule has 0 aromatic rings. The molecule has 0 rings (SSSR count). The van der Waals surface area contributed by atoms with Crippen molar-refractivity contribution in [2.24, 2.45) is 0 Å². The molecule has 0 aliphatic rings. The maximum Gasteiger partial charge on any atom is -0.0316 e. The van der Waals surface area contributed by atoms with Gasteiger partial charge in [-0.3, -0.25) is 0 Å². The molecule has 0 bridgehead atoms. The highest BCUT2D eigenvalue weighted by molar-refractivity contribution is 7.37. The van der Waals surface area contributed by atoms with Gasteiger partial charge in [0, 0.05) is 0 Å². The van der Waals surface area contributed by atoms with E-state index < -0.39 is 0 Å². The molecular weight excluding hydrogens is 103 g/mol. The average Bonchev–Trinajstić information content (AvgIpc) is 1.75. The van der Waals surface area contributed by atoms with Crippen LogP contribution in [0.2, 0.25) is 0 Å². The molecule has 0 saturated heterocycles. The second-order valence-electron chi connectivity index (χ2n) is 0.856. The van der Waals surface area contributed by atoms with Crippen LogP contribution in [0.5, 0.6) is 0 Å². The summed E-state index contributed by atoms with van der Waals surface area (Å²) < 4.78 is 0. The van der Waals surface area contributed by atoms with Crippen LogP contribution >= 0.6 is 8.58 Å². The zero-order valence-electron chi connectivity index (χ0n) is 5.86. The van der Waals surface area contributed by atoms with E-state index in [0.717, 1.165) is 0 Å². The highest BCUT2D eigenvalue weighted by Gasteiger charge is 1.68. The lowest BCUT2D eigenvalue weighted by Crippen LogP contribution is -1.59. The monoisotopic (exact) mass is 119 g/mol. The van der Waals surface area contributed by atoms with Gasteiger partial charge in [0.2, 0.25) is 0 Å². The van der Waals surface area contributed by atoms with Crippen molar-refractivity contribution in [1.29, 1.82) is 0 Å². The SMILES string of the molecule is CC.CC[P]CC. The molecule has 0 saturated carbocycles. The van der Waals surface area contributed by atoms with E-state index in [1.165, 1.54) is 12.3 Å². The summed E-state index contributed by atoms with van der Waals surface area (Å²) in [5.41, 5.74) is 0. The van der Waals surface area contributed by atoms with Crippen LogP contribution in [0.1, 0.15) is 27.7 Å². The third kappa shape index (κ3) is 21.4. The Labute approximate surface area is 49.5 Å².